The molecule has 4 rings (SSSR count). The summed E-state index contributed by atoms with van der Waals surface area (Å²) in [6.07, 6.45) is 0. The van der Waals surface area contributed by atoms with Crippen molar-refractivity contribution in [1.29, 1.82) is 0 Å². The third kappa shape index (κ3) is 3.42. The van der Waals surface area contributed by atoms with Crippen LogP contribution in [0.3, 0.4) is 0 Å². The van der Waals surface area contributed by atoms with Gasteiger partial charge in [0.2, 0.25) is 0 Å². The van der Waals surface area contributed by atoms with Crippen molar-refractivity contribution in [3.8, 4) is 0 Å². The van der Waals surface area contributed by atoms with Crippen molar-refractivity contribution >= 4 is 55.6 Å². The maximum absolute atomic E-state index is 13.4. The second kappa shape index (κ2) is 7.85. The fourth-order valence-electron chi connectivity index (χ4n) is 3.03. The third-order valence-corrected chi connectivity index (χ3v) is 6.13. The molecule has 0 bridgehead atoms. The molecule has 152 valence electrons. The minimum atomic E-state index is -0.690. The molecule has 0 spiro atoms. The highest BCUT2D eigenvalue weighted by molar-refractivity contribution is 7.21. The van der Waals surface area contributed by atoms with Crippen molar-refractivity contribution in [2.24, 2.45) is 0 Å². The first kappa shape index (κ1) is 20.0. The first-order valence-electron chi connectivity index (χ1n) is 8.88. The van der Waals surface area contributed by atoms with Gasteiger partial charge in [-0.1, -0.05) is 29.8 Å². The zero-order valence-electron chi connectivity index (χ0n) is 15.5. The molecule has 0 radical (unpaired) electrons. The normalized spacial score (nSPS) is 11.0. The molecule has 0 unspecified atom stereocenters. The lowest BCUT2D eigenvalue weighted by molar-refractivity contribution is 0.0846. The zero-order valence-corrected chi connectivity index (χ0v) is 17.1. The molecule has 0 saturated carbocycles. The number of nitrogens with one attached hydrogen (secondary N) is 2. The lowest BCUT2D eigenvalue weighted by Crippen LogP contribution is -2.42. The molecule has 2 amide bonds. The smallest absolute Gasteiger partial charge is 0.267 e. The minimum Gasteiger partial charge on any atom is -0.267 e. The van der Waals surface area contributed by atoms with E-state index in [1.165, 1.54) is 22.9 Å². The Morgan fingerprint density at radius 2 is 1.80 bits per heavy atom. The van der Waals surface area contributed by atoms with Crippen molar-refractivity contribution in [3.63, 3.8) is 0 Å². The van der Waals surface area contributed by atoms with Crippen LogP contribution >= 0.6 is 22.9 Å². The molecule has 2 heterocycles. The van der Waals surface area contributed by atoms with E-state index >= 15 is 0 Å². The minimum absolute atomic E-state index is 0.00291. The number of thiophene rings is 1. The van der Waals surface area contributed by atoms with Gasteiger partial charge in [0.25, 0.3) is 17.4 Å². The van der Waals surface area contributed by atoms with E-state index in [2.05, 4.69) is 16.0 Å². The molecule has 2 N–H and O–H groups in total. The summed E-state index contributed by atoms with van der Waals surface area (Å²) in [4.78, 5) is 37.7. The number of carbonyl (C=O) groups excluding carboxylic acids is 2. The van der Waals surface area contributed by atoms with E-state index in [1.54, 1.807) is 31.2 Å². The number of hydrogen-bond donors (Lipinski definition) is 2. The number of halogens is 2. The van der Waals surface area contributed by atoms with Gasteiger partial charge in [-0.2, -0.15) is 5.10 Å². The summed E-state index contributed by atoms with van der Waals surface area (Å²) in [6, 6.07) is 10.6. The molecule has 30 heavy (non-hydrogen) atoms. The number of benzene rings is 2. The van der Waals surface area contributed by atoms with E-state index in [-0.39, 0.29) is 27.7 Å². The van der Waals surface area contributed by atoms with Gasteiger partial charge in [0.15, 0.2) is 5.69 Å². The van der Waals surface area contributed by atoms with Crippen LogP contribution in [0.5, 0.6) is 0 Å². The largest absolute Gasteiger partial charge is 0.290 e. The summed E-state index contributed by atoms with van der Waals surface area (Å²) in [5.74, 6) is -1.78. The van der Waals surface area contributed by atoms with Gasteiger partial charge in [-0.3, -0.25) is 25.2 Å². The number of carbonyl (C=O) groups is 2. The summed E-state index contributed by atoms with van der Waals surface area (Å²) >= 11 is 7.24. The zero-order chi connectivity index (χ0) is 21.4. The molecule has 0 fully saturated rings. The lowest BCUT2D eigenvalue weighted by atomic mass is 10.1. The molecule has 0 aliphatic heterocycles. The number of rotatable bonds is 3. The average Bonchev–Trinajstić information content (AvgIpc) is 3.08. The molecule has 0 atom stereocenters. The molecule has 0 aliphatic carbocycles. The Bertz CT molecular complexity index is 1380. The molecule has 2 aromatic heterocycles. The van der Waals surface area contributed by atoms with Crippen molar-refractivity contribution in [3.05, 3.63) is 74.2 Å². The molecule has 4 aromatic rings. The quantitative estimate of drug-likeness (QED) is 0.473. The van der Waals surface area contributed by atoms with Crippen molar-refractivity contribution in [1.82, 2.24) is 20.6 Å². The summed E-state index contributed by atoms with van der Waals surface area (Å²) in [5.41, 5.74) is 4.29. The summed E-state index contributed by atoms with van der Waals surface area (Å²) in [6.45, 7) is 2.02. The molecule has 10 heteroatoms. The standard InChI is InChI=1S/C20H14ClFN4O3S/c1-2-26-20(29)12-6-4-3-5-11(12)16(25-26)18(27)23-24-19(28)17-15(21)13-8-7-10(22)9-14(13)30-17/h3-9H,2H2,1H3,(H,23,27)(H,24,28). The number of amides is 2. The summed E-state index contributed by atoms with van der Waals surface area (Å²) in [7, 11) is 0. The fourth-order valence-corrected chi connectivity index (χ4v) is 4.47. The molecule has 2 aromatic carbocycles. The van der Waals surface area contributed by atoms with E-state index in [4.69, 9.17) is 11.6 Å². The van der Waals surface area contributed by atoms with E-state index in [0.717, 1.165) is 11.3 Å². The molecule has 0 saturated heterocycles. The van der Waals surface area contributed by atoms with Gasteiger partial charge in [-0.25, -0.2) is 9.07 Å². The van der Waals surface area contributed by atoms with Crippen LogP contribution in [0.4, 0.5) is 4.39 Å². The van der Waals surface area contributed by atoms with Crippen LogP contribution in [0, 0.1) is 5.82 Å². The van der Waals surface area contributed by atoms with Gasteiger partial charge in [0, 0.05) is 22.0 Å². The van der Waals surface area contributed by atoms with Crippen LogP contribution in [-0.4, -0.2) is 21.6 Å². The SMILES string of the molecule is CCn1nc(C(=O)NNC(=O)c2sc3cc(F)ccc3c2Cl)c2ccccc2c1=O. The van der Waals surface area contributed by atoms with Crippen molar-refractivity contribution < 1.29 is 14.0 Å². The first-order valence-corrected chi connectivity index (χ1v) is 10.1. The Kier molecular flexibility index (Phi) is 5.23. The third-order valence-electron chi connectivity index (χ3n) is 4.47. The Balaban J connectivity index is 1.61. The highest BCUT2D eigenvalue weighted by Crippen LogP contribution is 2.35. The van der Waals surface area contributed by atoms with Gasteiger partial charge in [-0.15, -0.1) is 11.3 Å². The second-order valence-electron chi connectivity index (χ2n) is 6.31. The van der Waals surface area contributed by atoms with Crippen LogP contribution in [0.2, 0.25) is 5.02 Å². The van der Waals surface area contributed by atoms with E-state index in [0.29, 0.717) is 20.9 Å². The fraction of sp³-hybridized carbons (Fsp3) is 0.100. The highest BCUT2D eigenvalue weighted by atomic mass is 35.5. The number of aryl methyl sites for hydroxylation is 1. The van der Waals surface area contributed by atoms with Crippen LogP contribution in [0.1, 0.15) is 27.1 Å². The Hall–Kier alpha value is -3.30. The van der Waals surface area contributed by atoms with Crippen molar-refractivity contribution in [2.75, 3.05) is 0 Å². The number of hydrazine groups is 1. The number of aromatic nitrogens is 2. The van der Waals surface area contributed by atoms with E-state index in [1.807, 2.05) is 0 Å². The number of hydrogen-bond acceptors (Lipinski definition) is 5. The first-order chi connectivity index (χ1) is 14.4. The van der Waals surface area contributed by atoms with E-state index < -0.39 is 17.6 Å². The predicted octanol–water partition coefficient (Wildman–Crippen LogP) is 3.50. The van der Waals surface area contributed by atoms with E-state index in [9.17, 15) is 18.8 Å². The Morgan fingerprint density at radius 3 is 2.53 bits per heavy atom. The van der Waals surface area contributed by atoms with Crippen LogP contribution in [0.25, 0.3) is 20.9 Å². The Morgan fingerprint density at radius 1 is 1.10 bits per heavy atom. The maximum atomic E-state index is 13.4. The van der Waals surface area contributed by atoms with Gasteiger partial charge in [0.05, 0.1) is 10.4 Å². The maximum Gasteiger partial charge on any atom is 0.290 e. The molecular weight excluding hydrogens is 431 g/mol. The summed E-state index contributed by atoms with van der Waals surface area (Å²) in [5, 5.41) is 5.54. The second-order valence-corrected chi connectivity index (χ2v) is 7.74. The number of fused-ring (bicyclic) bond motifs is 2. The van der Waals surface area contributed by atoms with Crippen LogP contribution in [0.15, 0.2) is 47.3 Å². The highest BCUT2D eigenvalue weighted by Gasteiger charge is 2.20. The van der Waals surface area contributed by atoms with Gasteiger partial charge < -0.3 is 0 Å². The number of nitrogens with zero attached hydrogens (tertiary/aromatic N) is 2. The van der Waals surface area contributed by atoms with Crippen LogP contribution in [-0.2, 0) is 6.54 Å². The predicted molar refractivity (Wildman–Crippen MR) is 113 cm³/mol. The monoisotopic (exact) mass is 444 g/mol. The summed E-state index contributed by atoms with van der Waals surface area (Å²) < 4.78 is 15.1. The topological polar surface area (TPSA) is 93.1 Å². The Labute approximate surface area is 178 Å². The molecular formula is C20H14ClFN4O3S. The average molecular weight is 445 g/mol. The molecule has 7 nitrogen and oxygen atoms in total. The van der Waals surface area contributed by atoms with Gasteiger partial charge in [0.1, 0.15) is 10.7 Å². The van der Waals surface area contributed by atoms with Crippen LogP contribution < -0.4 is 16.4 Å². The van der Waals surface area contributed by atoms with Crippen molar-refractivity contribution in [2.45, 2.75) is 13.5 Å². The lowest BCUT2D eigenvalue weighted by Gasteiger charge is -2.10. The van der Waals surface area contributed by atoms with Gasteiger partial charge >= 0.3 is 0 Å². The van der Waals surface area contributed by atoms with Gasteiger partial charge in [-0.05, 0) is 31.2 Å². The molecule has 0 aliphatic rings.